The molecule has 72 valence electrons. The summed E-state index contributed by atoms with van der Waals surface area (Å²) in [6.07, 6.45) is 0.700. The second-order valence-electron chi connectivity index (χ2n) is 2.51. The van der Waals surface area contributed by atoms with Crippen LogP contribution in [0.5, 0.6) is 0 Å². The summed E-state index contributed by atoms with van der Waals surface area (Å²) in [6.45, 7) is 0. The number of ether oxygens (including phenoxy) is 2. The second kappa shape index (κ2) is 4.15. The summed E-state index contributed by atoms with van der Waals surface area (Å²) >= 11 is 0. The standard InChI is InChI=1S/C8H12N2O3/c1-10-6(4-5-9-10)7(11)8(12-2)13-3/h4-5,8H,1-3H3. The quantitative estimate of drug-likeness (QED) is 0.496. The monoisotopic (exact) mass is 184 g/mol. The van der Waals surface area contributed by atoms with E-state index in [0.717, 1.165) is 0 Å². The van der Waals surface area contributed by atoms with E-state index in [1.54, 1.807) is 19.3 Å². The number of methoxy groups -OCH3 is 2. The minimum atomic E-state index is -0.851. The fourth-order valence-electron chi connectivity index (χ4n) is 1.05. The van der Waals surface area contributed by atoms with Crippen LogP contribution in [0.1, 0.15) is 10.5 Å². The Morgan fingerprint density at radius 3 is 2.54 bits per heavy atom. The first kappa shape index (κ1) is 9.88. The first-order chi connectivity index (χ1) is 6.20. The number of rotatable bonds is 4. The highest BCUT2D eigenvalue weighted by Crippen LogP contribution is 2.04. The number of nitrogens with zero attached hydrogens (tertiary/aromatic N) is 2. The molecule has 0 saturated heterocycles. The summed E-state index contributed by atoms with van der Waals surface area (Å²) in [7, 11) is 4.53. The maximum atomic E-state index is 11.6. The van der Waals surface area contributed by atoms with Crippen molar-refractivity contribution < 1.29 is 14.3 Å². The zero-order valence-corrected chi connectivity index (χ0v) is 7.85. The average molecular weight is 184 g/mol. The zero-order chi connectivity index (χ0) is 9.84. The molecule has 5 heteroatoms. The number of ketones is 1. The number of carbonyl (C=O) groups is 1. The van der Waals surface area contributed by atoms with E-state index in [9.17, 15) is 4.79 Å². The van der Waals surface area contributed by atoms with Crippen molar-refractivity contribution in [2.24, 2.45) is 7.05 Å². The number of hydrogen-bond acceptors (Lipinski definition) is 4. The van der Waals surface area contributed by atoms with E-state index in [1.165, 1.54) is 18.9 Å². The van der Waals surface area contributed by atoms with Crippen molar-refractivity contribution in [3.05, 3.63) is 18.0 Å². The van der Waals surface area contributed by atoms with Crippen LogP contribution >= 0.6 is 0 Å². The van der Waals surface area contributed by atoms with Crippen molar-refractivity contribution in [3.8, 4) is 0 Å². The SMILES string of the molecule is COC(OC)C(=O)c1ccnn1C. The molecule has 13 heavy (non-hydrogen) atoms. The Morgan fingerprint density at radius 2 is 2.15 bits per heavy atom. The van der Waals surface area contributed by atoms with Gasteiger partial charge in [0.2, 0.25) is 12.1 Å². The van der Waals surface area contributed by atoms with Crippen LogP contribution < -0.4 is 0 Å². The van der Waals surface area contributed by atoms with E-state index >= 15 is 0 Å². The topological polar surface area (TPSA) is 53.4 Å². The van der Waals surface area contributed by atoms with Gasteiger partial charge in [-0.25, -0.2) is 0 Å². The lowest BCUT2D eigenvalue weighted by Gasteiger charge is -2.11. The summed E-state index contributed by atoms with van der Waals surface area (Å²) in [4.78, 5) is 11.6. The highest BCUT2D eigenvalue weighted by molar-refractivity contribution is 5.97. The molecule has 0 bridgehead atoms. The third-order valence-corrected chi connectivity index (χ3v) is 1.72. The molecule has 0 fully saturated rings. The fraction of sp³-hybridized carbons (Fsp3) is 0.500. The van der Waals surface area contributed by atoms with Crippen LogP contribution in [0, 0.1) is 0 Å². The molecule has 0 N–H and O–H groups in total. The summed E-state index contributed by atoms with van der Waals surface area (Å²) in [5.41, 5.74) is 0.466. The van der Waals surface area contributed by atoms with Crippen molar-refractivity contribution >= 4 is 5.78 Å². The smallest absolute Gasteiger partial charge is 0.236 e. The van der Waals surface area contributed by atoms with Gasteiger partial charge in [0.25, 0.3) is 0 Å². The second-order valence-corrected chi connectivity index (χ2v) is 2.51. The molecule has 1 heterocycles. The maximum Gasteiger partial charge on any atom is 0.236 e. The van der Waals surface area contributed by atoms with Crippen LogP contribution in [0.3, 0.4) is 0 Å². The maximum absolute atomic E-state index is 11.6. The van der Waals surface area contributed by atoms with Gasteiger partial charge in [-0.15, -0.1) is 0 Å². The van der Waals surface area contributed by atoms with E-state index in [0.29, 0.717) is 5.69 Å². The van der Waals surface area contributed by atoms with Gasteiger partial charge in [-0.2, -0.15) is 5.10 Å². The number of hydrogen-bond donors (Lipinski definition) is 0. The van der Waals surface area contributed by atoms with Crippen molar-refractivity contribution in [3.63, 3.8) is 0 Å². The molecule has 0 aliphatic rings. The van der Waals surface area contributed by atoms with Crippen molar-refractivity contribution in [1.82, 2.24) is 9.78 Å². The molecule has 1 rings (SSSR count). The van der Waals surface area contributed by atoms with Gasteiger partial charge in [-0.05, 0) is 6.07 Å². The van der Waals surface area contributed by atoms with Crippen molar-refractivity contribution in [2.45, 2.75) is 6.29 Å². The van der Waals surface area contributed by atoms with Gasteiger partial charge in [0, 0.05) is 27.5 Å². The fourth-order valence-corrected chi connectivity index (χ4v) is 1.05. The molecule has 1 aromatic rings. The Hall–Kier alpha value is -1.20. The minimum Gasteiger partial charge on any atom is -0.349 e. The van der Waals surface area contributed by atoms with E-state index < -0.39 is 6.29 Å². The first-order valence-corrected chi connectivity index (χ1v) is 3.78. The molecule has 1 aromatic heterocycles. The molecule has 5 nitrogen and oxygen atoms in total. The summed E-state index contributed by atoms with van der Waals surface area (Å²) in [6, 6.07) is 1.62. The Balaban J connectivity index is 2.84. The first-order valence-electron chi connectivity index (χ1n) is 3.78. The number of aromatic nitrogens is 2. The number of Topliss-reactive ketones (excluding diaryl/α,β-unsaturated/α-hetero) is 1. The summed E-state index contributed by atoms with van der Waals surface area (Å²) < 4.78 is 11.1. The highest BCUT2D eigenvalue weighted by Gasteiger charge is 2.21. The van der Waals surface area contributed by atoms with Crippen molar-refractivity contribution in [1.29, 1.82) is 0 Å². The normalized spacial score (nSPS) is 10.8. The van der Waals surface area contributed by atoms with Crippen LogP contribution in [0.25, 0.3) is 0 Å². The van der Waals surface area contributed by atoms with Crippen LogP contribution in [-0.2, 0) is 16.5 Å². The molecule has 0 aliphatic carbocycles. The van der Waals surface area contributed by atoms with Gasteiger partial charge in [-0.3, -0.25) is 9.48 Å². The zero-order valence-electron chi connectivity index (χ0n) is 7.85. The summed E-state index contributed by atoms with van der Waals surface area (Å²) in [5.74, 6) is -0.231. The molecular formula is C8H12N2O3. The molecule has 0 aliphatic heterocycles. The van der Waals surface area contributed by atoms with Gasteiger partial charge in [-0.1, -0.05) is 0 Å². The van der Waals surface area contributed by atoms with Crippen LogP contribution in [0.4, 0.5) is 0 Å². The van der Waals surface area contributed by atoms with E-state index in [1.807, 2.05) is 0 Å². The Bertz CT molecular complexity index is 291. The molecule has 0 spiro atoms. The molecular weight excluding hydrogens is 172 g/mol. The molecule has 0 amide bonds. The minimum absolute atomic E-state index is 0.231. The van der Waals surface area contributed by atoms with Gasteiger partial charge in [0.05, 0.1) is 0 Å². The van der Waals surface area contributed by atoms with Gasteiger partial charge >= 0.3 is 0 Å². The predicted octanol–water partition coefficient (Wildman–Crippen LogP) is 0.222. The Kier molecular flexibility index (Phi) is 3.16. The molecule has 0 saturated carbocycles. The Labute approximate surface area is 76.3 Å². The van der Waals surface area contributed by atoms with Gasteiger partial charge < -0.3 is 9.47 Å². The largest absolute Gasteiger partial charge is 0.349 e. The lowest BCUT2D eigenvalue weighted by Crippen LogP contribution is -2.26. The van der Waals surface area contributed by atoms with Crippen LogP contribution in [-0.4, -0.2) is 36.1 Å². The molecule has 0 atom stereocenters. The highest BCUT2D eigenvalue weighted by atomic mass is 16.7. The molecule has 0 radical (unpaired) electrons. The van der Waals surface area contributed by atoms with E-state index in [4.69, 9.17) is 9.47 Å². The predicted molar refractivity (Wildman–Crippen MR) is 45.3 cm³/mol. The third kappa shape index (κ3) is 1.93. The van der Waals surface area contributed by atoms with E-state index in [-0.39, 0.29) is 5.78 Å². The Morgan fingerprint density at radius 1 is 1.54 bits per heavy atom. The summed E-state index contributed by atoms with van der Waals surface area (Å²) in [5, 5.41) is 3.87. The van der Waals surface area contributed by atoms with Gasteiger partial charge in [0.15, 0.2) is 0 Å². The van der Waals surface area contributed by atoms with Crippen molar-refractivity contribution in [2.75, 3.05) is 14.2 Å². The van der Waals surface area contributed by atoms with Gasteiger partial charge in [0.1, 0.15) is 5.69 Å². The molecule has 0 aromatic carbocycles. The number of aryl methyl sites for hydroxylation is 1. The lowest BCUT2D eigenvalue weighted by molar-refractivity contribution is -0.0746. The average Bonchev–Trinajstić information content (AvgIpc) is 2.53. The third-order valence-electron chi connectivity index (χ3n) is 1.72. The number of carbonyl (C=O) groups excluding carboxylic acids is 1. The van der Waals surface area contributed by atoms with Crippen LogP contribution in [0.15, 0.2) is 12.3 Å². The lowest BCUT2D eigenvalue weighted by atomic mass is 10.3. The van der Waals surface area contributed by atoms with Crippen LogP contribution in [0.2, 0.25) is 0 Å². The molecule has 0 unspecified atom stereocenters. The van der Waals surface area contributed by atoms with E-state index in [2.05, 4.69) is 5.10 Å².